The van der Waals surface area contributed by atoms with Crippen molar-refractivity contribution in [3.63, 3.8) is 0 Å². The molecule has 2 aromatic carbocycles. The Kier molecular flexibility index (Phi) is 6.83. The highest BCUT2D eigenvalue weighted by Gasteiger charge is 2.19. The molecule has 1 heterocycles. The second-order valence-electron chi connectivity index (χ2n) is 7.89. The number of carbonyl (C=O) groups excluding carboxylic acids is 1. The van der Waals surface area contributed by atoms with E-state index in [1.54, 1.807) is 30.0 Å². The van der Waals surface area contributed by atoms with E-state index in [4.69, 9.17) is 33.0 Å². The highest BCUT2D eigenvalue weighted by molar-refractivity contribution is 6.34. The molecule has 1 amide bonds. The summed E-state index contributed by atoms with van der Waals surface area (Å²) < 4.78 is 6.88. The van der Waals surface area contributed by atoms with Crippen LogP contribution in [0.2, 0.25) is 10.0 Å². The van der Waals surface area contributed by atoms with E-state index in [1.807, 2.05) is 30.3 Å². The molecule has 4 rings (SSSR count). The molecule has 1 fully saturated rings. The summed E-state index contributed by atoms with van der Waals surface area (Å²) in [6, 6.07) is 14.6. The summed E-state index contributed by atoms with van der Waals surface area (Å²) in [5.41, 5.74) is 2.23. The van der Waals surface area contributed by atoms with E-state index in [1.165, 1.54) is 25.7 Å². The maximum atomic E-state index is 12.7. The average Bonchev–Trinajstić information content (AvgIpc) is 3.44. The van der Waals surface area contributed by atoms with E-state index in [-0.39, 0.29) is 5.91 Å². The predicted octanol–water partition coefficient (Wildman–Crippen LogP) is 6.76. The zero-order valence-corrected chi connectivity index (χ0v) is 18.9. The van der Waals surface area contributed by atoms with Crippen LogP contribution in [0, 0.1) is 5.92 Å². The lowest BCUT2D eigenvalue weighted by Crippen LogP contribution is -2.15. The van der Waals surface area contributed by atoms with E-state index in [9.17, 15) is 4.79 Å². The molecule has 0 unspecified atom stereocenters. The Balaban J connectivity index is 1.63. The molecular formula is C24H25Cl2N3O2. The molecule has 3 aromatic rings. The number of nitrogens with one attached hydrogen (secondary N) is 1. The molecule has 0 atom stereocenters. The lowest BCUT2D eigenvalue weighted by Gasteiger charge is -2.12. The van der Waals surface area contributed by atoms with Crippen molar-refractivity contribution in [1.82, 2.24) is 9.78 Å². The Bertz CT molecular complexity index is 1060. The van der Waals surface area contributed by atoms with Crippen LogP contribution in [0.3, 0.4) is 0 Å². The molecule has 0 saturated heterocycles. The van der Waals surface area contributed by atoms with E-state index in [2.05, 4.69) is 5.32 Å². The van der Waals surface area contributed by atoms with Crippen LogP contribution in [0.4, 0.5) is 5.82 Å². The normalized spacial score (nSPS) is 14.0. The van der Waals surface area contributed by atoms with Crippen molar-refractivity contribution >= 4 is 34.9 Å². The van der Waals surface area contributed by atoms with Gasteiger partial charge in [0, 0.05) is 23.1 Å². The van der Waals surface area contributed by atoms with Gasteiger partial charge in [0.1, 0.15) is 11.6 Å². The highest BCUT2D eigenvalue weighted by atomic mass is 35.5. The molecule has 5 nitrogen and oxygen atoms in total. The van der Waals surface area contributed by atoms with Gasteiger partial charge in [0.05, 0.1) is 23.5 Å². The van der Waals surface area contributed by atoms with Gasteiger partial charge in [-0.1, -0.05) is 48.9 Å². The first-order valence-corrected chi connectivity index (χ1v) is 11.3. The number of anilines is 1. The summed E-state index contributed by atoms with van der Waals surface area (Å²) in [5.74, 6) is 1.97. The molecule has 0 radical (unpaired) electrons. The molecule has 0 aliphatic heterocycles. The van der Waals surface area contributed by atoms with Gasteiger partial charge >= 0.3 is 0 Å². The highest BCUT2D eigenvalue weighted by Crippen LogP contribution is 2.32. The number of rotatable bonds is 7. The van der Waals surface area contributed by atoms with Gasteiger partial charge in [0.15, 0.2) is 0 Å². The Morgan fingerprint density at radius 3 is 2.58 bits per heavy atom. The number of hydrogen-bond acceptors (Lipinski definition) is 3. The van der Waals surface area contributed by atoms with Gasteiger partial charge < -0.3 is 10.1 Å². The first kappa shape index (κ1) is 21.7. The van der Waals surface area contributed by atoms with E-state index in [0.29, 0.717) is 39.6 Å². The topological polar surface area (TPSA) is 56.1 Å². The third kappa shape index (κ3) is 5.23. The van der Waals surface area contributed by atoms with Crippen molar-refractivity contribution in [1.29, 1.82) is 0 Å². The molecule has 1 aliphatic rings. The number of aromatic nitrogens is 2. The van der Waals surface area contributed by atoms with Gasteiger partial charge in [0.25, 0.3) is 0 Å². The average molecular weight is 458 g/mol. The Hall–Kier alpha value is -2.50. The van der Waals surface area contributed by atoms with E-state index < -0.39 is 0 Å². The van der Waals surface area contributed by atoms with Crippen LogP contribution < -0.4 is 10.1 Å². The number of halogens is 2. The molecule has 0 bridgehead atoms. The first-order valence-electron chi connectivity index (χ1n) is 10.5. The number of carbonyl (C=O) groups is 1. The quantitative estimate of drug-likeness (QED) is 0.425. The van der Waals surface area contributed by atoms with Crippen LogP contribution in [0.5, 0.6) is 5.75 Å². The third-order valence-corrected chi connectivity index (χ3v) is 6.31. The number of amides is 1. The molecule has 0 spiro atoms. The standard InChI is InChI=1S/C24H25Cl2N3O2/c1-31-19-10-7-17(8-11-19)21-15-23(27-24(30)13-6-16-4-2-3-5-16)29(28-21)22-14-18(25)9-12-20(22)26/h7-12,14-16H,2-6,13H2,1H3,(H,27,30). The van der Waals surface area contributed by atoms with Crippen molar-refractivity contribution in [2.75, 3.05) is 12.4 Å². The van der Waals surface area contributed by atoms with Gasteiger partial charge in [-0.2, -0.15) is 5.10 Å². The van der Waals surface area contributed by atoms with Crippen molar-refractivity contribution in [2.24, 2.45) is 5.92 Å². The fraction of sp³-hybridized carbons (Fsp3) is 0.333. The number of methoxy groups -OCH3 is 1. The smallest absolute Gasteiger partial charge is 0.225 e. The number of ether oxygens (including phenoxy) is 1. The van der Waals surface area contributed by atoms with E-state index >= 15 is 0 Å². The number of benzene rings is 2. The van der Waals surface area contributed by atoms with Crippen LogP contribution in [0.1, 0.15) is 38.5 Å². The van der Waals surface area contributed by atoms with E-state index in [0.717, 1.165) is 17.7 Å². The maximum Gasteiger partial charge on any atom is 0.225 e. The van der Waals surface area contributed by atoms with Crippen molar-refractivity contribution in [2.45, 2.75) is 38.5 Å². The van der Waals surface area contributed by atoms with Crippen molar-refractivity contribution in [3.05, 3.63) is 58.6 Å². The molecule has 7 heteroatoms. The monoisotopic (exact) mass is 457 g/mol. The van der Waals surface area contributed by atoms with Gasteiger partial charge in [-0.3, -0.25) is 4.79 Å². The molecule has 162 valence electrons. The minimum absolute atomic E-state index is 0.0209. The molecular weight excluding hydrogens is 433 g/mol. The van der Waals surface area contributed by atoms with Crippen LogP contribution in [0.15, 0.2) is 48.5 Å². The molecule has 1 aliphatic carbocycles. The number of nitrogens with zero attached hydrogens (tertiary/aromatic N) is 2. The summed E-state index contributed by atoms with van der Waals surface area (Å²) >= 11 is 12.6. The predicted molar refractivity (Wildman–Crippen MR) is 125 cm³/mol. The summed E-state index contributed by atoms with van der Waals surface area (Å²) in [6.45, 7) is 0. The van der Waals surface area contributed by atoms with Gasteiger partial charge in [-0.25, -0.2) is 4.68 Å². The van der Waals surface area contributed by atoms with Crippen molar-refractivity contribution < 1.29 is 9.53 Å². The summed E-state index contributed by atoms with van der Waals surface area (Å²) in [7, 11) is 1.63. The Morgan fingerprint density at radius 2 is 1.87 bits per heavy atom. The zero-order valence-electron chi connectivity index (χ0n) is 17.4. The minimum atomic E-state index is -0.0209. The fourth-order valence-electron chi connectivity index (χ4n) is 4.04. The van der Waals surface area contributed by atoms with Crippen LogP contribution in [-0.2, 0) is 4.79 Å². The number of hydrogen-bond donors (Lipinski definition) is 1. The van der Waals surface area contributed by atoms with Gasteiger partial charge in [-0.05, 0) is 54.8 Å². The molecule has 31 heavy (non-hydrogen) atoms. The fourth-order valence-corrected chi connectivity index (χ4v) is 4.41. The third-order valence-electron chi connectivity index (χ3n) is 5.75. The van der Waals surface area contributed by atoms with Crippen LogP contribution in [-0.4, -0.2) is 22.8 Å². The SMILES string of the molecule is COc1ccc(-c2cc(NC(=O)CCC3CCCC3)n(-c3cc(Cl)ccc3Cl)n2)cc1. The van der Waals surface area contributed by atoms with Crippen LogP contribution >= 0.6 is 23.2 Å². The minimum Gasteiger partial charge on any atom is -0.497 e. The Labute approximate surface area is 192 Å². The summed E-state index contributed by atoms with van der Waals surface area (Å²) in [5, 5.41) is 8.78. The molecule has 1 N–H and O–H groups in total. The maximum absolute atomic E-state index is 12.7. The largest absolute Gasteiger partial charge is 0.497 e. The summed E-state index contributed by atoms with van der Waals surface area (Å²) in [6.07, 6.45) is 6.42. The lowest BCUT2D eigenvalue weighted by atomic mass is 10.0. The second-order valence-corrected chi connectivity index (χ2v) is 8.73. The van der Waals surface area contributed by atoms with Gasteiger partial charge in [-0.15, -0.1) is 0 Å². The second kappa shape index (κ2) is 9.75. The lowest BCUT2D eigenvalue weighted by molar-refractivity contribution is -0.116. The first-order chi connectivity index (χ1) is 15.0. The Morgan fingerprint density at radius 1 is 1.13 bits per heavy atom. The van der Waals surface area contributed by atoms with Gasteiger partial charge in [0.2, 0.25) is 5.91 Å². The zero-order chi connectivity index (χ0) is 21.8. The summed E-state index contributed by atoms with van der Waals surface area (Å²) in [4.78, 5) is 12.7. The molecule has 1 saturated carbocycles. The molecule has 1 aromatic heterocycles. The van der Waals surface area contributed by atoms with Crippen molar-refractivity contribution in [3.8, 4) is 22.7 Å². The van der Waals surface area contributed by atoms with Crippen LogP contribution in [0.25, 0.3) is 16.9 Å².